The zero-order valence-corrected chi connectivity index (χ0v) is 15.4. The van der Waals surface area contributed by atoms with Gasteiger partial charge in [-0.3, -0.25) is 0 Å². The largest absolute Gasteiger partial charge is 0.420 e. The molecule has 1 radical (unpaired) electrons. The molecule has 0 amide bonds. The van der Waals surface area contributed by atoms with E-state index in [9.17, 15) is 8.78 Å². The molecule has 6 heteroatoms. The third-order valence-electron chi connectivity index (χ3n) is 1.77. The van der Waals surface area contributed by atoms with E-state index >= 15 is 0 Å². The van der Waals surface area contributed by atoms with Crippen LogP contribution in [-0.4, -0.2) is 11.6 Å². The molecular formula is C10H11F2NSWY-2. The standard InChI is InChI=1S/C10H11F2NS.W.Y/c1-7-3-4-8(5-9(7)13)14(2)6-10(11)12;;/h3,5H,2,6,13H2,1H3;;/q-2;;. The fourth-order valence-electron chi connectivity index (χ4n) is 0.936. The maximum absolute atomic E-state index is 12.0. The predicted molar refractivity (Wildman–Crippen MR) is 57.7 cm³/mol. The number of aryl methyl sites for hydroxylation is 1. The molecule has 1 atom stereocenters. The third-order valence-corrected chi connectivity index (χ3v) is 3.19. The van der Waals surface area contributed by atoms with Crippen molar-refractivity contribution in [1.29, 1.82) is 0 Å². The second-order valence-corrected chi connectivity index (χ2v) is 4.63. The summed E-state index contributed by atoms with van der Waals surface area (Å²) in [5.74, 6) is 3.35. The van der Waals surface area contributed by atoms with Gasteiger partial charge in [-0.25, -0.2) is 10.5 Å². The van der Waals surface area contributed by atoms with Gasteiger partial charge in [-0.2, -0.15) is 12.1 Å². The van der Waals surface area contributed by atoms with Crippen molar-refractivity contribution in [3.8, 4) is 0 Å². The van der Waals surface area contributed by atoms with Crippen molar-refractivity contribution in [3.63, 3.8) is 0 Å². The minimum atomic E-state index is -1.60. The maximum Gasteiger partial charge on any atom is 0.0105 e. The fraction of sp³-hybridized carbons (Fsp3) is 0.200. The quantitative estimate of drug-likeness (QED) is 0.396. The van der Waals surface area contributed by atoms with Crippen molar-refractivity contribution < 1.29 is 62.6 Å². The molecular weight excluding hydrogens is 477 g/mol. The Bertz CT molecular complexity index is 361. The molecule has 0 fully saturated rings. The Kier molecular flexibility index (Phi) is 10.7. The molecule has 0 spiro atoms. The molecule has 0 saturated carbocycles. The van der Waals surface area contributed by atoms with Gasteiger partial charge in [0.2, 0.25) is 0 Å². The fourth-order valence-corrected chi connectivity index (χ4v) is 1.87. The summed E-state index contributed by atoms with van der Waals surface area (Å²) in [6.45, 7) is 1.85. The molecule has 2 N–H and O–H groups in total. The normalized spacial score (nSPS) is 11.5. The number of nitrogens with two attached hydrogens (primary N) is 1. The van der Waals surface area contributed by atoms with Crippen LogP contribution in [0.4, 0.5) is 14.5 Å². The summed E-state index contributed by atoms with van der Waals surface area (Å²) in [6.07, 6.45) is -1.60. The summed E-state index contributed by atoms with van der Waals surface area (Å²) in [6, 6.07) is 6.27. The topological polar surface area (TPSA) is 26.0 Å². The zero-order valence-electron chi connectivity index (χ0n) is 8.80. The first-order valence-electron chi connectivity index (χ1n) is 3.96. The molecule has 1 rings (SSSR count). The van der Waals surface area contributed by atoms with E-state index in [-0.39, 0.29) is 59.5 Å². The minimum Gasteiger partial charge on any atom is -0.420 e. The van der Waals surface area contributed by atoms with Gasteiger partial charge in [0.15, 0.2) is 0 Å². The molecule has 0 aliphatic heterocycles. The molecule has 1 aromatic carbocycles. The van der Waals surface area contributed by atoms with Gasteiger partial charge in [0.25, 0.3) is 0 Å². The van der Waals surface area contributed by atoms with Gasteiger partial charge in [0.1, 0.15) is 0 Å². The van der Waals surface area contributed by atoms with Gasteiger partial charge in [0, 0.05) is 60.2 Å². The molecule has 16 heavy (non-hydrogen) atoms. The van der Waals surface area contributed by atoms with Crippen LogP contribution in [0.2, 0.25) is 0 Å². The number of benzene rings is 1. The molecule has 1 aromatic rings. The molecule has 1 unspecified atom stereocenters. The molecule has 87 valence electrons. The van der Waals surface area contributed by atoms with Crippen LogP contribution in [-0.2, 0) is 53.8 Å². The van der Waals surface area contributed by atoms with E-state index in [0.717, 1.165) is 5.56 Å². The second-order valence-electron chi connectivity index (χ2n) is 2.91. The summed E-state index contributed by atoms with van der Waals surface area (Å²) >= 11 is 0. The number of anilines is 1. The molecule has 0 aliphatic carbocycles. The molecule has 0 aliphatic rings. The van der Waals surface area contributed by atoms with Crippen LogP contribution in [0, 0.1) is 19.4 Å². The third kappa shape index (κ3) is 6.00. The van der Waals surface area contributed by atoms with Crippen LogP contribution in [0.1, 0.15) is 5.56 Å². The first-order chi connectivity index (χ1) is 6.50. The first-order valence-corrected chi connectivity index (χ1v) is 5.52. The summed E-state index contributed by atoms with van der Waals surface area (Å²) < 4.78 is 24.0. The van der Waals surface area contributed by atoms with E-state index in [1.807, 2.05) is 6.92 Å². The predicted octanol–water partition coefficient (Wildman–Crippen LogP) is 2.86. The van der Waals surface area contributed by atoms with Crippen molar-refractivity contribution in [2.45, 2.75) is 11.8 Å². The average Bonchev–Trinajstić information content (AvgIpc) is 2.08. The minimum absolute atomic E-state index is 0. The second kappa shape index (κ2) is 8.91. The van der Waals surface area contributed by atoms with Crippen molar-refractivity contribution in [1.82, 2.24) is 0 Å². The van der Waals surface area contributed by atoms with E-state index in [0.29, 0.717) is 10.6 Å². The van der Waals surface area contributed by atoms with Crippen LogP contribution < -0.4 is 5.73 Å². The molecule has 1 nitrogen and oxygen atoms in total. The Hall–Kier alpha value is 0.892. The summed E-state index contributed by atoms with van der Waals surface area (Å²) in [7, 11) is -0.755. The number of rotatable bonds is 3. The van der Waals surface area contributed by atoms with E-state index in [4.69, 9.17) is 5.73 Å². The SMILES string of the molecule is C=S(C[C-](F)F)c1[c-]cc(C)c(N)c1.[W].[Y]. The molecule has 0 heterocycles. The Morgan fingerprint density at radius 2 is 2.12 bits per heavy atom. The van der Waals surface area contributed by atoms with Crippen molar-refractivity contribution in [3.05, 3.63) is 30.2 Å². The number of halogens is 2. The Morgan fingerprint density at radius 3 is 2.56 bits per heavy atom. The van der Waals surface area contributed by atoms with E-state index in [1.54, 1.807) is 12.1 Å². The molecule has 0 saturated heterocycles. The Balaban J connectivity index is 0. The summed E-state index contributed by atoms with van der Waals surface area (Å²) in [5, 5.41) is 0. The summed E-state index contributed by atoms with van der Waals surface area (Å²) in [4.78, 5) is 0.654. The van der Waals surface area contributed by atoms with Gasteiger partial charge in [0.05, 0.1) is 0 Å². The van der Waals surface area contributed by atoms with E-state index in [2.05, 4.69) is 11.9 Å². The monoisotopic (exact) mass is 488 g/mol. The van der Waals surface area contributed by atoms with Crippen molar-refractivity contribution in [2.75, 3.05) is 11.5 Å². The number of nitrogen functional groups attached to an aromatic ring is 1. The number of hydrogen-bond donors (Lipinski definition) is 1. The average molecular weight is 488 g/mol. The van der Waals surface area contributed by atoms with Gasteiger partial charge in [-0.15, -0.1) is 16.5 Å². The van der Waals surface area contributed by atoms with Crippen LogP contribution >= 0.6 is 10.5 Å². The maximum atomic E-state index is 12.0. The Labute approximate surface area is 137 Å². The van der Waals surface area contributed by atoms with Gasteiger partial charge in [-0.05, 0) is 0 Å². The van der Waals surface area contributed by atoms with E-state index < -0.39 is 16.9 Å². The van der Waals surface area contributed by atoms with Crippen LogP contribution in [0.15, 0.2) is 17.0 Å². The van der Waals surface area contributed by atoms with Crippen LogP contribution in [0.3, 0.4) is 0 Å². The smallest absolute Gasteiger partial charge is 0.0105 e. The number of hydrogen-bond acceptors (Lipinski definition) is 1. The van der Waals surface area contributed by atoms with Gasteiger partial charge < -0.3 is 14.5 Å². The van der Waals surface area contributed by atoms with Gasteiger partial charge in [-0.1, -0.05) is 24.2 Å². The van der Waals surface area contributed by atoms with Gasteiger partial charge >= 0.3 is 0 Å². The Morgan fingerprint density at radius 1 is 1.56 bits per heavy atom. The van der Waals surface area contributed by atoms with Crippen LogP contribution in [0.25, 0.3) is 0 Å². The van der Waals surface area contributed by atoms with Crippen molar-refractivity contribution in [2.24, 2.45) is 0 Å². The molecule has 0 bridgehead atoms. The van der Waals surface area contributed by atoms with Crippen LogP contribution in [0.5, 0.6) is 0 Å². The first kappa shape index (κ1) is 19.2. The van der Waals surface area contributed by atoms with Crippen molar-refractivity contribution >= 4 is 22.0 Å². The zero-order chi connectivity index (χ0) is 10.7. The molecule has 0 aromatic heterocycles. The summed E-state index contributed by atoms with van der Waals surface area (Å²) in [5.41, 5.74) is 7.15. The van der Waals surface area contributed by atoms with E-state index in [1.165, 1.54) is 0 Å².